The summed E-state index contributed by atoms with van der Waals surface area (Å²) in [7, 11) is 0. The third-order valence-corrected chi connectivity index (χ3v) is 7.44. The lowest BCUT2D eigenvalue weighted by molar-refractivity contribution is 0.359. The third-order valence-electron chi connectivity index (χ3n) is 7.44. The highest BCUT2D eigenvalue weighted by molar-refractivity contribution is 5.98. The van der Waals surface area contributed by atoms with Crippen molar-refractivity contribution in [2.75, 3.05) is 5.32 Å². The van der Waals surface area contributed by atoms with E-state index in [0.29, 0.717) is 0 Å². The molecule has 0 unspecified atom stereocenters. The number of anilines is 1. The van der Waals surface area contributed by atoms with Crippen LogP contribution in [-0.4, -0.2) is 5.54 Å². The summed E-state index contributed by atoms with van der Waals surface area (Å²) in [6.45, 7) is 4.61. The SMILES string of the molecule is CCCCCCCCCC1(CCCCCCCCC)Cc2cccc3cccc(c23)N1. The molecule has 1 heterocycles. The molecule has 0 saturated heterocycles. The molecule has 0 radical (unpaired) electrons. The zero-order valence-corrected chi connectivity index (χ0v) is 20.5. The molecule has 0 amide bonds. The van der Waals surface area contributed by atoms with Gasteiger partial charge in [-0.3, -0.25) is 0 Å². The zero-order chi connectivity index (χ0) is 21.8. The molecule has 1 aliphatic heterocycles. The van der Waals surface area contributed by atoms with Crippen molar-refractivity contribution < 1.29 is 0 Å². The Kier molecular flexibility index (Phi) is 10.2. The Morgan fingerprint density at radius 1 is 0.645 bits per heavy atom. The summed E-state index contributed by atoms with van der Waals surface area (Å²) in [5.74, 6) is 0. The van der Waals surface area contributed by atoms with E-state index in [4.69, 9.17) is 0 Å². The molecule has 31 heavy (non-hydrogen) atoms. The molecule has 2 aromatic rings. The van der Waals surface area contributed by atoms with Gasteiger partial charge in [0.15, 0.2) is 0 Å². The van der Waals surface area contributed by atoms with Gasteiger partial charge in [0.2, 0.25) is 0 Å². The maximum absolute atomic E-state index is 4.10. The molecule has 3 rings (SSSR count). The highest BCUT2D eigenvalue weighted by atomic mass is 15.0. The molecule has 0 fully saturated rings. The Morgan fingerprint density at radius 2 is 1.16 bits per heavy atom. The molecule has 1 aliphatic rings. The number of hydrogen-bond acceptors (Lipinski definition) is 1. The molecule has 0 atom stereocenters. The van der Waals surface area contributed by atoms with Crippen LogP contribution in [0, 0.1) is 0 Å². The van der Waals surface area contributed by atoms with Crippen molar-refractivity contribution in [2.24, 2.45) is 0 Å². The summed E-state index contributed by atoms with van der Waals surface area (Å²) in [4.78, 5) is 0. The first kappa shape index (κ1) is 24.1. The quantitative estimate of drug-likeness (QED) is 0.266. The maximum atomic E-state index is 4.10. The Labute approximate surface area is 192 Å². The molecule has 2 aromatic carbocycles. The monoisotopic (exact) mass is 421 g/mol. The summed E-state index contributed by atoms with van der Waals surface area (Å²) in [6.07, 6.45) is 23.4. The second-order valence-corrected chi connectivity index (χ2v) is 10.1. The van der Waals surface area contributed by atoms with Gasteiger partial charge in [0, 0.05) is 16.6 Å². The van der Waals surface area contributed by atoms with Crippen LogP contribution in [-0.2, 0) is 6.42 Å². The van der Waals surface area contributed by atoms with Gasteiger partial charge in [0.25, 0.3) is 0 Å². The predicted octanol–water partition coefficient (Wildman–Crippen LogP) is 9.83. The van der Waals surface area contributed by atoms with Gasteiger partial charge >= 0.3 is 0 Å². The standard InChI is InChI=1S/C30H47N/c1-3-5-7-9-11-13-15-23-30(24-16-14-12-10-8-6-4-2)25-27-21-17-19-26-20-18-22-28(31-30)29(26)27/h17-22,31H,3-16,23-25H2,1-2H3. The van der Waals surface area contributed by atoms with Gasteiger partial charge < -0.3 is 5.32 Å². The van der Waals surface area contributed by atoms with Gasteiger partial charge in [-0.25, -0.2) is 0 Å². The second-order valence-electron chi connectivity index (χ2n) is 10.1. The van der Waals surface area contributed by atoms with Gasteiger partial charge in [0.05, 0.1) is 0 Å². The lowest BCUT2D eigenvalue weighted by atomic mass is 9.77. The van der Waals surface area contributed by atoms with E-state index in [1.54, 1.807) is 5.56 Å². The topological polar surface area (TPSA) is 12.0 Å². The zero-order valence-electron chi connectivity index (χ0n) is 20.5. The first-order valence-corrected chi connectivity index (χ1v) is 13.6. The summed E-state index contributed by atoms with van der Waals surface area (Å²) >= 11 is 0. The summed E-state index contributed by atoms with van der Waals surface area (Å²) in [5.41, 5.74) is 3.21. The van der Waals surface area contributed by atoms with E-state index >= 15 is 0 Å². The molecule has 1 N–H and O–H groups in total. The van der Waals surface area contributed by atoms with Crippen LogP contribution in [0.2, 0.25) is 0 Å². The van der Waals surface area contributed by atoms with Crippen LogP contribution < -0.4 is 5.32 Å². The molecule has 0 spiro atoms. The number of unbranched alkanes of at least 4 members (excludes halogenated alkanes) is 12. The predicted molar refractivity (Wildman–Crippen MR) is 139 cm³/mol. The normalized spacial score (nSPS) is 14.6. The van der Waals surface area contributed by atoms with E-state index in [1.807, 2.05) is 0 Å². The van der Waals surface area contributed by atoms with Crippen LogP contribution in [0.5, 0.6) is 0 Å². The average Bonchev–Trinajstić information content (AvgIpc) is 2.78. The van der Waals surface area contributed by atoms with Crippen molar-refractivity contribution >= 4 is 16.5 Å². The van der Waals surface area contributed by atoms with Crippen molar-refractivity contribution in [1.29, 1.82) is 0 Å². The lowest BCUT2D eigenvalue weighted by Gasteiger charge is -2.41. The van der Waals surface area contributed by atoms with E-state index < -0.39 is 0 Å². The van der Waals surface area contributed by atoms with Crippen molar-refractivity contribution in [3.63, 3.8) is 0 Å². The largest absolute Gasteiger partial charge is 0.379 e. The van der Waals surface area contributed by atoms with Crippen LogP contribution in [0.25, 0.3) is 10.8 Å². The van der Waals surface area contributed by atoms with Gasteiger partial charge in [-0.15, -0.1) is 0 Å². The van der Waals surface area contributed by atoms with Gasteiger partial charge in [-0.2, -0.15) is 0 Å². The van der Waals surface area contributed by atoms with E-state index in [9.17, 15) is 0 Å². The minimum atomic E-state index is 0.259. The fourth-order valence-corrected chi connectivity index (χ4v) is 5.63. The molecule has 0 saturated carbocycles. The van der Waals surface area contributed by atoms with Crippen molar-refractivity contribution in [1.82, 2.24) is 0 Å². The summed E-state index contributed by atoms with van der Waals surface area (Å²) < 4.78 is 0. The number of nitrogens with one attached hydrogen (secondary N) is 1. The maximum Gasteiger partial charge on any atom is 0.0427 e. The molecular formula is C30H47N. The van der Waals surface area contributed by atoms with E-state index in [1.165, 1.54) is 126 Å². The highest BCUT2D eigenvalue weighted by Gasteiger charge is 2.33. The van der Waals surface area contributed by atoms with Crippen molar-refractivity contribution in [3.05, 3.63) is 42.0 Å². The molecule has 0 aliphatic carbocycles. The fourth-order valence-electron chi connectivity index (χ4n) is 5.63. The third kappa shape index (κ3) is 7.26. The molecule has 1 heteroatoms. The summed E-state index contributed by atoms with van der Waals surface area (Å²) in [5, 5.41) is 6.96. The second kappa shape index (κ2) is 13.1. The van der Waals surface area contributed by atoms with Gasteiger partial charge in [-0.05, 0) is 36.3 Å². The number of rotatable bonds is 16. The lowest BCUT2D eigenvalue weighted by Crippen LogP contribution is -2.43. The Bertz CT molecular complexity index is 701. The Balaban J connectivity index is 1.58. The van der Waals surface area contributed by atoms with Crippen molar-refractivity contribution in [3.8, 4) is 0 Å². The van der Waals surface area contributed by atoms with Gasteiger partial charge in [0.1, 0.15) is 0 Å². The molecule has 0 bridgehead atoms. The minimum absolute atomic E-state index is 0.259. The van der Waals surface area contributed by atoms with Crippen LogP contribution in [0.15, 0.2) is 36.4 Å². The van der Waals surface area contributed by atoms with Crippen LogP contribution >= 0.6 is 0 Å². The molecule has 1 nitrogen and oxygen atoms in total. The smallest absolute Gasteiger partial charge is 0.0427 e. The average molecular weight is 422 g/mol. The number of benzene rings is 2. The van der Waals surface area contributed by atoms with Crippen LogP contribution in [0.1, 0.15) is 122 Å². The molecule has 172 valence electrons. The van der Waals surface area contributed by atoms with Gasteiger partial charge in [-0.1, -0.05) is 134 Å². The molecular weight excluding hydrogens is 374 g/mol. The van der Waals surface area contributed by atoms with E-state index in [-0.39, 0.29) is 5.54 Å². The first-order valence-electron chi connectivity index (χ1n) is 13.6. The Hall–Kier alpha value is -1.50. The van der Waals surface area contributed by atoms with Crippen LogP contribution in [0.3, 0.4) is 0 Å². The molecule has 0 aromatic heterocycles. The van der Waals surface area contributed by atoms with Crippen molar-refractivity contribution in [2.45, 2.75) is 129 Å². The van der Waals surface area contributed by atoms with E-state index in [0.717, 1.165) is 0 Å². The summed E-state index contributed by atoms with van der Waals surface area (Å²) in [6, 6.07) is 13.7. The van der Waals surface area contributed by atoms with E-state index in [2.05, 4.69) is 55.6 Å². The number of hydrogen-bond donors (Lipinski definition) is 1. The Morgan fingerprint density at radius 3 is 1.74 bits per heavy atom. The highest BCUT2D eigenvalue weighted by Crippen LogP contribution is 2.40. The first-order chi connectivity index (χ1) is 15.3. The van der Waals surface area contributed by atoms with Crippen LogP contribution in [0.4, 0.5) is 5.69 Å². The minimum Gasteiger partial charge on any atom is -0.379 e. The fraction of sp³-hybridized carbons (Fsp3) is 0.667.